The summed E-state index contributed by atoms with van der Waals surface area (Å²) in [6.07, 6.45) is 0.918. The van der Waals surface area contributed by atoms with Crippen LogP contribution in [-0.2, 0) is 29.2 Å². The summed E-state index contributed by atoms with van der Waals surface area (Å²) in [6.45, 7) is 9.46. The Hall–Kier alpha value is -4.10. The van der Waals surface area contributed by atoms with E-state index in [0.717, 1.165) is 15.9 Å². The molecule has 39 heavy (non-hydrogen) atoms. The van der Waals surface area contributed by atoms with Crippen molar-refractivity contribution in [2.45, 2.75) is 65.1 Å². The number of aromatic nitrogens is 1. The van der Waals surface area contributed by atoms with Gasteiger partial charge in [-0.2, -0.15) is 4.39 Å². The van der Waals surface area contributed by atoms with Crippen LogP contribution in [0.15, 0.2) is 11.0 Å². The fourth-order valence-electron chi connectivity index (χ4n) is 4.32. The van der Waals surface area contributed by atoms with Gasteiger partial charge in [-0.1, -0.05) is 0 Å². The summed E-state index contributed by atoms with van der Waals surface area (Å²) in [5, 5.41) is 12.0. The predicted molar refractivity (Wildman–Crippen MR) is 133 cm³/mol. The van der Waals surface area contributed by atoms with E-state index in [9.17, 15) is 29.3 Å². The summed E-state index contributed by atoms with van der Waals surface area (Å²) in [7, 11) is 1.30. The molecule has 0 saturated heterocycles. The SMILES string of the molecule is CCOC(=O)c1cn2c3c(c(F)c(F)c([N+](=O)[O-])c3c1=O)C(C(=O)OC(C)(C)C)(C(=O)OC(C)(C)C)CN2C. The standard InChI is InChI=1S/C25H29F2N3O9/c1-9-37-20(32)12-10-29-17-13(19(12)31)18(30(35)36)16(27)15(26)14(17)25(11-28(29)8,21(33)38-23(2,3)4)22(34)39-24(5,6)7/h10H,9,11H2,1-8H3. The number of nitrogens with zero attached hydrogens (tertiary/aromatic N) is 3. The zero-order valence-electron chi connectivity index (χ0n) is 22.8. The van der Waals surface area contributed by atoms with E-state index in [4.69, 9.17) is 14.2 Å². The van der Waals surface area contributed by atoms with Gasteiger partial charge in [-0.25, -0.2) is 9.18 Å². The number of esters is 3. The van der Waals surface area contributed by atoms with Crippen LogP contribution in [0, 0.1) is 21.7 Å². The van der Waals surface area contributed by atoms with E-state index >= 15 is 8.78 Å². The van der Waals surface area contributed by atoms with Crippen LogP contribution in [0.3, 0.4) is 0 Å². The molecular formula is C25H29F2N3O9. The fourth-order valence-corrected chi connectivity index (χ4v) is 4.32. The summed E-state index contributed by atoms with van der Waals surface area (Å²) < 4.78 is 48.2. The molecule has 1 aliphatic heterocycles. The van der Waals surface area contributed by atoms with Gasteiger partial charge < -0.3 is 19.2 Å². The summed E-state index contributed by atoms with van der Waals surface area (Å²) >= 11 is 0. The lowest BCUT2D eigenvalue weighted by atomic mass is 9.76. The number of carbonyl (C=O) groups is 3. The third-order valence-corrected chi connectivity index (χ3v) is 5.72. The Morgan fingerprint density at radius 2 is 1.56 bits per heavy atom. The molecule has 212 valence electrons. The topological polar surface area (TPSA) is 147 Å². The third-order valence-electron chi connectivity index (χ3n) is 5.72. The number of rotatable bonds is 5. The van der Waals surface area contributed by atoms with Gasteiger partial charge in [0.15, 0.2) is 5.82 Å². The molecule has 0 unspecified atom stereocenters. The number of hydrogen-bond acceptors (Lipinski definition) is 10. The lowest BCUT2D eigenvalue weighted by Crippen LogP contribution is -2.60. The maximum atomic E-state index is 16.0. The summed E-state index contributed by atoms with van der Waals surface area (Å²) in [5.41, 5.74) is -10.5. The molecule has 1 aromatic carbocycles. The minimum Gasteiger partial charge on any atom is -0.462 e. The molecule has 1 aromatic heterocycles. The van der Waals surface area contributed by atoms with Crippen molar-refractivity contribution in [1.82, 2.24) is 4.68 Å². The summed E-state index contributed by atoms with van der Waals surface area (Å²) in [4.78, 5) is 64.1. The first-order valence-corrected chi connectivity index (χ1v) is 11.9. The summed E-state index contributed by atoms with van der Waals surface area (Å²) in [6, 6.07) is 0. The Balaban J connectivity index is 2.65. The van der Waals surface area contributed by atoms with Gasteiger partial charge in [0, 0.05) is 18.8 Å². The minimum absolute atomic E-state index is 0.155. The van der Waals surface area contributed by atoms with Gasteiger partial charge in [0.05, 0.1) is 23.6 Å². The molecule has 0 atom stereocenters. The highest BCUT2D eigenvalue weighted by atomic mass is 19.2. The van der Waals surface area contributed by atoms with Crippen molar-refractivity contribution in [2.75, 3.05) is 25.2 Å². The summed E-state index contributed by atoms with van der Waals surface area (Å²) in [5.74, 6) is -7.86. The van der Waals surface area contributed by atoms with E-state index in [-0.39, 0.29) is 6.61 Å². The number of hydrogen-bond donors (Lipinski definition) is 0. The minimum atomic E-state index is -2.73. The fraction of sp³-hybridized carbons (Fsp3) is 0.520. The molecule has 0 saturated carbocycles. The smallest absolute Gasteiger partial charge is 0.343 e. The highest BCUT2D eigenvalue weighted by Gasteiger charge is 2.59. The van der Waals surface area contributed by atoms with E-state index in [1.165, 1.54) is 55.5 Å². The van der Waals surface area contributed by atoms with Crippen molar-refractivity contribution in [2.24, 2.45) is 0 Å². The molecule has 0 aliphatic carbocycles. The van der Waals surface area contributed by atoms with Crippen LogP contribution in [0.2, 0.25) is 0 Å². The second-order valence-electron chi connectivity index (χ2n) is 11.0. The largest absolute Gasteiger partial charge is 0.462 e. The number of benzene rings is 1. The number of likely N-dealkylation sites (N-methyl/N-ethyl adjacent to an activating group) is 1. The van der Waals surface area contributed by atoms with Gasteiger partial charge in [0.2, 0.25) is 16.7 Å². The van der Waals surface area contributed by atoms with E-state index in [0.29, 0.717) is 0 Å². The van der Waals surface area contributed by atoms with Gasteiger partial charge in [0.1, 0.15) is 22.2 Å². The van der Waals surface area contributed by atoms with E-state index in [1.54, 1.807) is 0 Å². The van der Waals surface area contributed by atoms with Gasteiger partial charge >= 0.3 is 23.6 Å². The second kappa shape index (κ2) is 9.58. The van der Waals surface area contributed by atoms with Crippen LogP contribution >= 0.6 is 0 Å². The lowest BCUT2D eigenvalue weighted by molar-refractivity contribution is -0.386. The van der Waals surface area contributed by atoms with Crippen LogP contribution in [0.5, 0.6) is 0 Å². The van der Waals surface area contributed by atoms with Crippen LogP contribution in [0.1, 0.15) is 64.4 Å². The van der Waals surface area contributed by atoms with Crippen molar-refractivity contribution in [1.29, 1.82) is 0 Å². The second-order valence-corrected chi connectivity index (χ2v) is 11.0. The third kappa shape index (κ3) is 4.90. The van der Waals surface area contributed by atoms with Crippen LogP contribution in [-0.4, -0.2) is 58.9 Å². The molecular weight excluding hydrogens is 524 g/mol. The first-order valence-electron chi connectivity index (χ1n) is 11.9. The van der Waals surface area contributed by atoms with Crippen molar-refractivity contribution < 1.29 is 42.3 Å². The Morgan fingerprint density at radius 1 is 1.05 bits per heavy atom. The van der Waals surface area contributed by atoms with Crippen molar-refractivity contribution in [3.8, 4) is 0 Å². The lowest BCUT2D eigenvalue weighted by Gasteiger charge is -2.42. The number of carbonyl (C=O) groups excluding carboxylic acids is 3. The maximum absolute atomic E-state index is 16.0. The van der Waals surface area contributed by atoms with E-state index < -0.39 is 90.8 Å². The van der Waals surface area contributed by atoms with Crippen molar-refractivity contribution >= 4 is 34.5 Å². The van der Waals surface area contributed by atoms with Crippen LogP contribution in [0.25, 0.3) is 10.9 Å². The molecule has 0 radical (unpaired) electrons. The van der Waals surface area contributed by atoms with Crippen molar-refractivity contribution in [3.63, 3.8) is 0 Å². The van der Waals surface area contributed by atoms with Crippen molar-refractivity contribution in [3.05, 3.63) is 49.3 Å². The Morgan fingerprint density at radius 3 is 2.00 bits per heavy atom. The highest BCUT2D eigenvalue weighted by Crippen LogP contribution is 2.44. The Bertz CT molecular complexity index is 1440. The molecule has 0 spiro atoms. The Labute approximate surface area is 221 Å². The Kier molecular flexibility index (Phi) is 7.23. The normalized spacial score (nSPS) is 14.7. The van der Waals surface area contributed by atoms with Gasteiger partial charge in [-0.3, -0.25) is 29.2 Å². The monoisotopic (exact) mass is 553 g/mol. The number of pyridine rings is 1. The number of nitro benzene ring substituents is 1. The van der Waals surface area contributed by atoms with Gasteiger partial charge in [-0.15, -0.1) is 0 Å². The molecule has 0 fully saturated rings. The molecule has 1 aliphatic rings. The van der Waals surface area contributed by atoms with Crippen LogP contribution in [0.4, 0.5) is 14.5 Å². The number of halogens is 2. The maximum Gasteiger partial charge on any atom is 0.343 e. The predicted octanol–water partition coefficient (Wildman–Crippen LogP) is 2.87. The highest BCUT2D eigenvalue weighted by molar-refractivity contribution is 6.12. The molecule has 0 amide bonds. The number of ether oxygens (including phenoxy) is 3. The molecule has 0 bridgehead atoms. The molecule has 14 heteroatoms. The molecule has 0 N–H and O–H groups in total. The first-order chi connectivity index (χ1) is 17.8. The zero-order chi connectivity index (χ0) is 29.8. The van der Waals surface area contributed by atoms with E-state index in [1.807, 2.05) is 0 Å². The molecule has 12 nitrogen and oxygen atoms in total. The molecule has 2 heterocycles. The average molecular weight is 554 g/mol. The molecule has 2 aromatic rings. The van der Waals surface area contributed by atoms with E-state index in [2.05, 4.69) is 0 Å². The van der Waals surface area contributed by atoms with Crippen LogP contribution < -0.4 is 10.4 Å². The zero-order valence-corrected chi connectivity index (χ0v) is 22.8. The van der Waals surface area contributed by atoms with Gasteiger partial charge in [0.25, 0.3) is 0 Å². The first kappa shape index (κ1) is 29.5. The van der Waals surface area contributed by atoms with Gasteiger partial charge in [-0.05, 0) is 48.5 Å². The molecule has 3 rings (SSSR count). The quantitative estimate of drug-likeness (QED) is 0.178. The number of nitro groups is 1. The average Bonchev–Trinajstić information content (AvgIpc) is 2.76.